The van der Waals surface area contributed by atoms with Crippen LogP contribution in [-0.2, 0) is 16.0 Å². The van der Waals surface area contributed by atoms with E-state index in [-0.39, 0.29) is 24.2 Å². The van der Waals surface area contributed by atoms with Crippen LogP contribution in [-0.4, -0.2) is 31.0 Å². The predicted octanol–water partition coefficient (Wildman–Crippen LogP) is 2.30. The van der Waals surface area contributed by atoms with Crippen molar-refractivity contribution < 1.29 is 18.7 Å². The van der Waals surface area contributed by atoms with Crippen LogP contribution in [0.25, 0.3) is 0 Å². The standard InChI is InChI=1S/C19H19FN2O3/c1-13(23)22-12-18(25-17-5-3-2-4-16(17)22)19(24)21-11-10-14-6-8-15(20)9-7-14/h2-9,18H,10-12H2,1H3,(H,21,24). The predicted molar refractivity (Wildman–Crippen MR) is 92.0 cm³/mol. The third-order valence-electron chi connectivity index (χ3n) is 4.07. The number of rotatable bonds is 4. The van der Waals surface area contributed by atoms with Gasteiger partial charge in [0.2, 0.25) is 5.91 Å². The first kappa shape index (κ1) is 17.0. The van der Waals surface area contributed by atoms with E-state index in [0.717, 1.165) is 5.56 Å². The van der Waals surface area contributed by atoms with Crippen molar-refractivity contribution in [2.24, 2.45) is 0 Å². The molecule has 0 fully saturated rings. The monoisotopic (exact) mass is 342 g/mol. The fourth-order valence-electron chi connectivity index (χ4n) is 2.76. The van der Waals surface area contributed by atoms with E-state index in [0.29, 0.717) is 24.4 Å². The van der Waals surface area contributed by atoms with E-state index in [2.05, 4.69) is 5.32 Å². The summed E-state index contributed by atoms with van der Waals surface area (Å²) in [5.41, 5.74) is 1.60. The lowest BCUT2D eigenvalue weighted by Crippen LogP contribution is -2.50. The molecule has 0 radical (unpaired) electrons. The van der Waals surface area contributed by atoms with E-state index in [1.165, 1.54) is 19.1 Å². The average molecular weight is 342 g/mol. The Kier molecular flexibility index (Phi) is 4.97. The number of halogens is 1. The first-order valence-corrected chi connectivity index (χ1v) is 8.10. The zero-order chi connectivity index (χ0) is 17.8. The molecule has 1 N–H and O–H groups in total. The Morgan fingerprint density at radius 1 is 1.20 bits per heavy atom. The lowest BCUT2D eigenvalue weighted by Gasteiger charge is -2.33. The summed E-state index contributed by atoms with van der Waals surface area (Å²) in [6.45, 7) is 2.05. The van der Waals surface area contributed by atoms with Gasteiger partial charge in [0, 0.05) is 13.5 Å². The van der Waals surface area contributed by atoms with Gasteiger partial charge in [0.15, 0.2) is 6.10 Å². The molecule has 2 amide bonds. The molecule has 0 bridgehead atoms. The van der Waals surface area contributed by atoms with Crippen LogP contribution in [0.3, 0.4) is 0 Å². The zero-order valence-corrected chi connectivity index (χ0v) is 13.9. The fraction of sp³-hybridized carbons (Fsp3) is 0.263. The number of hydrogen-bond acceptors (Lipinski definition) is 3. The minimum Gasteiger partial charge on any atom is -0.477 e. The molecule has 2 aromatic carbocycles. The van der Waals surface area contributed by atoms with Gasteiger partial charge in [0.1, 0.15) is 11.6 Å². The Bertz CT molecular complexity index is 776. The van der Waals surface area contributed by atoms with Crippen LogP contribution in [0, 0.1) is 5.82 Å². The largest absolute Gasteiger partial charge is 0.477 e. The van der Waals surface area contributed by atoms with Crippen LogP contribution >= 0.6 is 0 Å². The number of amides is 2. The number of nitrogens with one attached hydrogen (secondary N) is 1. The maximum absolute atomic E-state index is 12.9. The summed E-state index contributed by atoms with van der Waals surface area (Å²) in [6.07, 6.45) is -0.168. The third-order valence-corrected chi connectivity index (χ3v) is 4.07. The van der Waals surface area contributed by atoms with Gasteiger partial charge in [-0.2, -0.15) is 0 Å². The van der Waals surface area contributed by atoms with Crippen molar-refractivity contribution in [2.45, 2.75) is 19.4 Å². The molecule has 5 nitrogen and oxygen atoms in total. The van der Waals surface area contributed by atoms with Gasteiger partial charge in [0.25, 0.3) is 5.91 Å². The van der Waals surface area contributed by atoms with Crippen molar-refractivity contribution in [1.29, 1.82) is 0 Å². The molecule has 1 unspecified atom stereocenters. The summed E-state index contributed by atoms with van der Waals surface area (Å²) >= 11 is 0. The first-order valence-electron chi connectivity index (χ1n) is 8.10. The third kappa shape index (κ3) is 3.96. The molecule has 2 aromatic rings. The molecule has 1 aliphatic rings. The Hall–Kier alpha value is -2.89. The number of nitrogens with zero attached hydrogens (tertiary/aromatic N) is 1. The number of carbonyl (C=O) groups excluding carboxylic acids is 2. The van der Waals surface area contributed by atoms with Gasteiger partial charge in [-0.15, -0.1) is 0 Å². The highest BCUT2D eigenvalue weighted by molar-refractivity contribution is 5.95. The molecular weight excluding hydrogens is 323 g/mol. The van der Waals surface area contributed by atoms with Crippen molar-refractivity contribution >= 4 is 17.5 Å². The van der Waals surface area contributed by atoms with Crippen molar-refractivity contribution in [3.63, 3.8) is 0 Å². The van der Waals surface area contributed by atoms with Crippen LogP contribution < -0.4 is 15.0 Å². The van der Waals surface area contributed by atoms with Gasteiger partial charge >= 0.3 is 0 Å². The molecule has 25 heavy (non-hydrogen) atoms. The summed E-state index contributed by atoms with van der Waals surface area (Å²) < 4.78 is 18.6. The topological polar surface area (TPSA) is 58.6 Å². The fourth-order valence-corrected chi connectivity index (χ4v) is 2.76. The van der Waals surface area contributed by atoms with E-state index >= 15 is 0 Å². The highest BCUT2D eigenvalue weighted by Gasteiger charge is 2.32. The second kappa shape index (κ2) is 7.34. The molecule has 130 valence electrons. The molecule has 0 aromatic heterocycles. The molecular formula is C19H19FN2O3. The minimum absolute atomic E-state index is 0.139. The zero-order valence-electron chi connectivity index (χ0n) is 13.9. The molecule has 6 heteroatoms. The number of para-hydroxylation sites is 2. The summed E-state index contributed by atoms with van der Waals surface area (Å²) in [6, 6.07) is 13.3. The Morgan fingerprint density at radius 2 is 1.92 bits per heavy atom. The average Bonchev–Trinajstić information content (AvgIpc) is 2.62. The SMILES string of the molecule is CC(=O)N1CC(C(=O)NCCc2ccc(F)cc2)Oc2ccccc21. The number of hydrogen-bond donors (Lipinski definition) is 1. The number of ether oxygens (including phenoxy) is 1. The van der Waals surface area contributed by atoms with E-state index in [1.54, 1.807) is 35.2 Å². The molecule has 1 atom stereocenters. The van der Waals surface area contributed by atoms with Gasteiger partial charge in [-0.05, 0) is 36.2 Å². The number of anilines is 1. The molecule has 1 heterocycles. The van der Waals surface area contributed by atoms with Crippen LogP contribution in [0.1, 0.15) is 12.5 Å². The van der Waals surface area contributed by atoms with Crippen molar-refractivity contribution in [3.05, 3.63) is 59.9 Å². The number of fused-ring (bicyclic) bond motifs is 1. The molecule has 3 rings (SSSR count). The maximum Gasteiger partial charge on any atom is 0.262 e. The van der Waals surface area contributed by atoms with E-state index in [4.69, 9.17) is 4.74 Å². The van der Waals surface area contributed by atoms with Crippen LogP contribution in [0.5, 0.6) is 5.75 Å². The molecule has 0 spiro atoms. The highest BCUT2D eigenvalue weighted by atomic mass is 19.1. The maximum atomic E-state index is 12.9. The number of carbonyl (C=O) groups is 2. The van der Waals surface area contributed by atoms with E-state index in [1.807, 2.05) is 6.07 Å². The Balaban J connectivity index is 1.61. The van der Waals surface area contributed by atoms with E-state index in [9.17, 15) is 14.0 Å². The second-order valence-electron chi connectivity index (χ2n) is 5.87. The Labute approximate surface area is 145 Å². The van der Waals surface area contributed by atoms with Crippen LogP contribution in [0.2, 0.25) is 0 Å². The van der Waals surface area contributed by atoms with Crippen molar-refractivity contribution in [2.75, 3.05) is 18.0 Å². The quantitative estimate of drug-likeness (QED) is 0.927. The summed E-state index contributed by atoms with van der Waals surface area (Å²) in [7, 11) is 0. The second-order valence-corrected chi connectivity index (χ2v) is 5.87. The Morgan fingerprint density at radius 3 is 2.64 bits per heavy atom. The first-order chi connectivity index (χ1) is 12.0. The van der Waals surface area contributed by atoms with Gasteiger partial charge in [-0.3, -0.25) is 9.59 Å². The van der Waals surface area contributed by atoms with Gasteiger partial charge in [-0.1, -0.05) is 24.3 Å². The lowest BCUT2D eigenvalue weighted by molar-refractivity contribution is -0.128. The highest BCUT2D eigenvalue weighted by Crippen LogP contribution is 2.33. The van der Waals surface area contributed by atoms with Crippen LogP contribution in [0.4, 0.5) is 10.1 Å². The van der Waals surface area contributed by atoms with Crippen molar-refractivity contribution in [3.8, 4) is 5.75 Å². The molecule has 0 saturated carbocycles. The number of benzene rings is 2. The minimum atomic E-state index is -0.757. The summed E-state index contributed by atoms with van der Waals surface area (Å²) in [5, 5.41) is 2.81. The smallest absolute Gasteiger partial charge is 0.262 e. The normalized spacial score (nSPS) is 15.9. The molecule has 0 aliphatic carbocycles. The van der Waals surface area contributed by atoms with Gasteiger partial charge < -0.3 is 15.0 Å². The van der Waals surface area contributed by atoms with Gasteiger partial charge in [0.05, 0.1) is 12.2 Å². The lowest BCUT2D eigenvalue weighted by atomic mass is 10.1. The van der Waals surface area contributed by atoms with Crippen molar-refractivity contribution in [1.82, 2.24) is 5.32 Å². The summed E-state index contributed by atoms with van der Waals surface area (Å²) in [5.74, 6) is -0.184. The summed E-state index contributed by atoms with van der Waals surface area (Å²) in [4.78, 5) is 25.8. The molecule has 1 aliphatic heterocycles. The van der Waals surface area contributed by atoms with Crippen LogP contribution in [0.15, 0.2) is 48.5 Å². The van der Waals surface area contributed by atoms with E-state index < -0.39 is 6.10 Å². The molecule has 0 saturated heterocycles. The van der Waals surface area contributed by atoms with Gasteiger partial charge in [-0.25, -0.2) is 4.39 Å².